The molecule has 1 aliphatic heterocycles. The fraction of sp³-hybridized carbons (Fsp3) is 1.00. The van der Waals surface area contributed by atoms with Crippen LogP contribution in [0.5, 0.6) is 0 Å². The van der Waals surface area contributed by atoms with Crippen LogP contribution in [-0.2, 0) is 4.74 Å². The maximum atomic E-state index is 5.28. The molecular weight excluding hydrogens is 208 g/mol. The van der Waals surface area contributed by atoms with Crippen molar-refractivity contribution in [1.29, 1.82) is 0 Å². The van der Waals surface area contributed by atoms with Crippen molar-refractivity contribution >= 4 is 0 Å². The first kappa shape index (κ1) is 15.0. The average molecular weight is 240 g/mol. The first-order chi connectivity index (χ1) is 8.27. The second-order valence-corrected chi connectivity index (χ2v) is 6.24. The van der Waals surface area contributed by atoms with Crippen LogP contribution in [0.2, 0.25) is 0 Å². The highest BCUT2D eigenvalue weighted by Crippen LogP contribution is 2.32. The normalized spacial score (nSPS) is 18.0. The Labute approximate surface area is 108 Å². The number of unbranched alkanes of at least 4 members (excludes halogenated alkanes) is 9. The Morgan fingerprint density at radius 2 is 1.24 bits per heavy atom. The molecule has 0 N–H and O–H groups in total. The van der Waals surface area contributed by atoms with E-state index in [2.05, 4.69) is 13.8 Å². The Morgan fingerprint density at radius 3 is 1.65 bits per heavy atom. The summed E-state index contributed by atoms with van der Waals surface area (Å²) < 4.78 is 5.28. The molecule has 0 unspecified atom stereocenters. The lowest BCUT2D eigenvalue weighted by Gasteiger charge is -2.38. The molecule has 1 saturated heterocycles. The summed E-state index contributed by atoms with van der Waals surface area (Å²) in [6.45, 7) is 6.66. The fourth-order valence-corrected chi connectivity index (χ4v) is 2.63. The smallest absolute Gasteiger partial charge is 0.0542 e. The molecule has 1 aliphatic rings. The standard InChI is InChI=1S/C16H32O/c1-3-4-5-6-7-8-9-10-11-12-13-16(2)14-17-15-16/h3-15H2,1-2H3. The Bertz CT molecular complexity index is 172. The van der Waals surface area contributed by atoms with Crippen LogP contribution in [0.3, 0.4) is 0 Å². The summed E-state index contributed by atoms with van der Waals surface area (Å²) in [4.78, 5) is 0. The third kappa shape index (κ3) is 7.08. The molecule has 1 heterocycles. The van der Waals surface area contributed by atoms with E-state index >= 15 is 0 Å². The summed E-state index contributed by atoms with van der Waals surface area (Å²) in [6.07, 6.45) is 15.8. The van der Waals surface area contributed by atoms with Crippen LogP contribution in [0.25, 0.3) is 0 Å². The zero-order chi connectivity index (χ0) is 12.4. The van der Waals surface area contributed by atoms with E-state index in [0.717, 1.165) is 13.2 Å². The van der Waals surface area contributed by atoms with Gasteiger partial charge in [0.1, 0.15) is 0 Å². The van der Waals surface area contributed by atoms with E-state index < -0.39 is 0 Å². The predicted molar refractivity (Wildman–Crippen MR) is 75.4 cm³/mol. The quantitative estimate of drug-likeness (QED) is 0.443. The van der Waals surface area contributed by atoms with Crippen LogP contribution >= 0.6 is 0 Å². The van der Waals surface area contributed by atoms with Gasteiger partial charge in [-0.15, -0.1) is 0 Å². The van der Waals surface area contributed by atoms with Crippen molar-refractivity contribution < 1.29 is 4.74 Å². The Morgan fingerprint density at radius 1 is 0.765 bits per heavy atom. The predicted octanol–water partition coefficient (Wildman–Crippen LogP) is 5.33. The van der Waals surface area contributed by atoms with Crippen LogP contribution in [-0.4, -0.2) is 13.2 Å². The molecule has 102 valence electrons. The zero-order valence-corrected chi connectivity index (χ0v) is 12.1. The van der Waals surface area contributed by atoms with Gasteiger partial charge in [-0.1, -0.05) is 78.1 Å². The number of hydrogen-bond acceptors (Lipinski definition) is 1. The maximum Gasteiger partial charge on any atom is 0.0542 e. The van der Waals surface area contributed by atoms with Crippen LogP contribution in [0, 0.1) is 5.41 Å². The summed E-state index contributed by atoms with van der Waals surface area (Å²) in [6, 6.07) is 0. The Balaban J connectivity index is 1.72. The van der Waals surface area contributed by atoms with Gasteiger partial charge < -0.3 is 4.74 Å². The molecule has 0 bridgehead atoms. The van der Waals surface area contributed by atoms with Gasteiger partial charge in [0.25, 0.3) is 0 Å². The lowest BCUT2D eigenvalue weighted by Crippen LogP contribution is -2.39. The van der Waals surface area contributed by atoms with Crippen LogP contribution in [0.15, 0.2) is 0 Å². The second kappa shape index (κ2) is 8.97. The van der Waals surface area contributed by atoms with Gasteiger partial charge in [-0.25, -0.2) is 0 Å². The van der Waals surface area contributed by atoms with E-state index in [9.17, 15) is 0 Å². The van der Waals surface area contributed by atoms with Crippen LogP contribution in [0.4, 0.5) is 0 Å². The lowest BCUT2D eigenvalue weighted by atomic mass is 9.83. The molecule has 0 atom stereocenters. The van der Waals surface area contributed by atoms with Crippen molar-refractivity contribution in [1.82, 2.24) is 0 Å². The first-order valence-corrected chi connectivity index (χ1v) is 7.85. The Hall–Kier alpha value is -0.0400. The largest absolute Gasteiger partial charge is 0.380 e. The van der Waals surface area contributed by atoms with Gasteiger partial charge in [0.15, 0.2) is 0 Å². The summed E-state index contributed by atoms with van der Waals surface area (Å²) in [5.41, 5.74) is 0.542. The van der Waals surface area contributed by atoms with Crippen molar-refractivity contribution in [2.24, 2.45) is 5.41 Å². The highest BCUT2D eigenvalue weighted by molar-refractivity contribution is 4.80. The van der Waals surface area contributed by atoms with Gasteiger partial charge in [-0.05, 0) is 6.42 Å². The summed E-state index contributed by atoms with van der Waals surface area (Å²) >= 11 is 0. The molecule has 0 amide bonds. The van der Waals surface area contributed by atoms with E-state index in [1.54, 1.807) is 0 Å². The molecule has 0 aromatic carbocycles. The monoisotopic (exact) mass is 240 g/mol. The highest BCUT2D eigenvalue weighted by Gasteiger charge is 2.32. The van der Waals surface area contributed by atoms with Gasteiger partial charge in [-0.2, -0.15) is 0 Å². The highest BCUT2D eigenvalue weighted by atomic mass is 16.5. The van der Waals surface area contributed by atoms with Gasteiger partial charge >= 0.3 is 0 Å². The minimum atomic E-state index is 0.542. The molecule has 1 fully saturated rings. The van der Waals surface area contributed by atoms with E-state index in [-0.39, 0.29) is 0 Å². The van der Waals surface area contributed by atoms with Crippen LogP contribution < -0.4 is 0 Å². The first-order valence-electron chi connectivity index (χ1n) is 7.85. The van der Waals surface area contributed by atoms with Crippen molar-refractivity contribution in [2.75, 3.05) is 13.2 Å². The van der Waals surface area contributed by atoms with Gasteiger partial charge in [0.2, 0.25) is 0 Å². The minimum Gasteiger partial charge on any atom is -0.380 e. The van der Waals surface area contributed by atoms with E-state index in [1.165, 1.54) is 70.6 Å². The molecular formula is C16H32O. The van der Waals surface area contributed by atoms with Crippen molar-refractivity contribution in [3.63, 3.8) is 0 Å². The molecule has 1 rings (SSSR count). The zero-order valence-electron chi connectivity index (χ0n) is 12.1. The Kier molecular flexibility index (Phi) is 7.92. The van der Waals surface area contributed by atoms with E-state index in [0.29, 0.717) is 5.41 Å². The third-order valence-corrected chi connectivity index (χ3v) is 4.03. The molecule has 0 saturated carbocycles. The van der Waals surface area contributed by atoms with Crippen LogP contribution in [0.1, 0.15) is 84.5 Å². The van der Waals surface area contributed by atoms with Gasteiger partial charge in [-0.3, -0.25) is 0 Å². The molecule has 0 aromatic rings. The summed E-state index contributed by atoms with van der Waals surface area (Å²) in [5.74, 6) is 0. The molecule has 1 nitrogen and oxygen atoms in total. The van der Waals surface area contributed by atoms with Crippen molar-refractivity contribution in [2.45, 2.75) is 84.5 Å². The fourth-order valence-electron chi connectivity index (χ4n) is 2.63. The van der Waals surface area contributed by atoms with Gasteiger partial charge in [0, 0.05) is 5.41 Å². The molecule has 1 heteroatoms. The molecule has 17 heavy (non-hydrogen) atoms. The van der Waals surface area contributed by atoms with Gasteiger partial charge in [0.05, 0.1) is 13.2 Å². The second-order valence-electron chi connectivity index (χ2n) is 6.24. The number of hydrogen-bond donors (Lipinski definition) is 0. The minimum absolute atomic E-state index is 0.542. The number of ether oxygens (including phenoxy) is 1. The van der Waals surface area contributed by atoms with Crippen molar-refractivity contribution in [3.8, 4) is 0 Å². The molecule has 0 spiro atoms. The summed E-state index contributed by atoms with van der Waals surface area (Å²) in [7, 11) is 0. The SMILES string of the molecule is CCCCCCCCCCCCC1(C)COC1. The van der Waals surface area contributed by atoms with E-state index in [1.807, 2.05) is 0 Å². The maximum absolute atomic E-state index is 5.28. The topological polar surface area (TPSA) is 9.23 Å². The lowest BCUT2D eigenvalue weighted by molar-refractivity contribution is -0.106. The molecule has 0 aromatic heterocycles. The summed E-state index contributed by atoms with van der Waals surface area (Å²) in [5, 5.41) is 0. The average Bonchev–Trinajstić information content (AvgIpc) is 2.29. The third-order valence-electron chi connectivity index (χ3n) is 4.03. The molecule has 0 aliphatic carbocycles. The number of rotatable bonds is 11. The molecule has 0 radical (unpaired) electrons. The van der Waals surface area contributed by atoms with E-state index in [4.69, 9.17) is 4.74 Å². The van der Waals surface area contributed by atoms with Crippen molar-refractivity contribution in [3.05, 3.63) is 0 Å².